The van der Waals surface area contributed by atoms with Crippen molar-refractivity contribution in [3.05, 3.63) is 71.5 Å². The van der Waals surface area contributed by atoms with Crippen LogP contribution in [0.4, 0.5) is 0 Å². The fourth-order valence-corrected chi connectivity index (χ4v) is 10.2. The number of fused-ring (bicyclic) bond motifs is 6. The average molecular weight is 1080 g/mol. The molecule has 4 amide bonds. The van der Waals surface area contributed by atoms with Crippen LogP contribution in [0.2, 0.25) is 0 Å². The molecule has 3 N–H and O–H groups in total. The number of nitrogens with one attached hydrogen (secondary N) is 2. The molecule has 4 aromatic rings. The average Bonchev–Trinajstić information content (AvgIpc) is 3.92. The van der Waals surface area contributed by atoms with Gasteiger partial charge < -0.3 is 29.5 Å². The summed E-state index contributed by atoms with van der Waals surface area (Å²) in [6, 6.07) is 10.7. The summed E-state index contributed by atoms with van der Waals surface area (Å²) in [6.07, 6.45) is 5.74. The summed E-state index contributed by atoms with van der Waals surface area (Å²) in [6.45, 7) is 16.5. The largest absolute Gasteiger partial charge is 0.508 e. The number of likely N-dealkylation sites (N-methyl/N-ethyl adjacent to an activating group) is 1. The predicted molar refractivity (Wildman–Crippen MR) is 308 cm³/mol. The van der Waals surface area contributed by atoms with Gasteiger partial charge in [-0.1, -0.05) is 59.6 Å². The van der Waals surface area contributed by atoms with Crippen LogP contribution in [0.15, 0.2) is 54.9 Å². The number of carbonyl (C=O) groups excluding carboxylic acids is 5. The molecule has 73 heavy (non-hydrogen) atoms. The second-order valence-electron chi connectivity index (χ2n) is 20.8. The number of aromatic hydroxyl groups is 1. The quantitative estimate of drug-likeness (QED) is 0.129. The van der Waals surface area contributed by atoms with Crippen molar-refractivity contribution in [2.24, 2.45) is 17.3 Å². The number of aromatic nitrogens is 2. The number of phenolic OH excluding ortho intramolecular Hbond substituents is 1. The monoisotopic (exact) mass is 1080 g/mol. The number of ether oxygens (including phenoxy) is 1. The number of rotatable bonds is 9. The van der Waals surface area contributed by atoms with Crippen molar-refractivity contribution in [1.82, 2.24) is 40.0 Å². The maximum absolute atomic E-state index is 14.8. The number of hydrazine groups is 1. The third-order valence-electron chi connectivity index (χ3n) is 13.7. The van der Waals surface area contributed by atoms with E-state index in [-0.39, 0.29) is 109 Å². The van der Waals surface area contributed by atoms with Crippen molar-refractivity contribution >= 4 is 94.5 Å². The first-order valence-corrected chi connectivity index (χ1v) is 24.4. The van der Waals surface area contributed by atoms with Gasteiger partial charge in [-0.05, 0) is 123 Å². The highest BCUT2D eigenvalue weighted by Crippen LogP contribution is 2.42. The number of benzene rings is 2. The van der Waals surface area contributed by atoms with Gasteiger partial charge in [-0.3, -0.25) is 38.9 Å². The molecule has 3 aliphatic rings. The highest BCUT2D eigenvalue weighted by Gasteiger charge is 2.40. The SMILES string of the molecule is CCn1c(-c2cnccc2C(C)C)c2c3cc(ccc31)-c1cc(O)cc(c1)C[C@H](NC(=O)[C@H](C(C)C)N(C)C(=O)[C@H]1CCN(C(=O)C#CCN(C)C)C1)C(=O)N1CCC[C@H](N1)C(=O)OCC(C)(C)C2.S.S.S.S. The Kier molecular flexibility index (Phi) is 22.7. The van der Waals surface area contributed by atoms with Crippen LogP contribution >= 0.6 is 54.0 Å². The number of likely N-dealkylation sites (tertiary alicyclic amines) is 1. The molecule has 0 spiro atoms. The smallest absolute Gasteiger partial charge is 0.324 e. The van der Waals surface area contributed by atoms with Crippen molar-refractivity contribution in [3.63, 3.8) is 0 Å². The minimum atomic E-state index is -1.16. The summed E-state index contributed by atoms with van der Waals surface area (Å²) in [5, 5.41) is 16.8. The number of esters is 1. The molecular weight excluding hydrogens is 1000 g/mol. The number of carbonyl (C=O) groups is 5. The Morgan fingerprint density at radius 2 is 1.70 bits per heavy atom. The molecule has 5 heterocycles. The molecule has 400 valence electrons. The third kappa shape index (κ3) is 14.3. The van der Waals surface area contributed by atoms with E-state index in [0.29, 0.717) is 50.9 Å². The normalized spacial score (nSPS) is 19.0. The van der Waals surface area contributed by atoms with Crippen molar-refractivity contribution < 1.29 is 33.8 Å². The van der Waals surface area contributed by atoms with E-state index < -0.39 is 47.2 Å². The van der Waals surface area contributed by atoms with E-state index in [4.69, 9.17) is 4.74 Å². The first-order chi connectivity index (χ1) is 32.8. The molecule has 6 bridgehead atoms. The van der Waals surface area contributed by atoms with Crippen molar-refractivity contribution in [1.29, 1.82) is 0 Å². The summed E-state index contributed by atoms with van der Waals surface area (Å²) in [7, 11) is 5.32. The lowest BCUT2D eigenvalue weighted by Gasteiger charge is -2.37. The van der Waals surface area contributed by atoms with Crippen LogP contribution < -0.4 is 10.7 Å². The van der Waals surface area contributed by atoms with E-state index in [1.54, 1.807) is 24.1 Å². The third-order valence-corrected chi connectivity index (χ3v) is 13.7. The zero-order valence-corrected chi connectivity index (χ0v) is 48.0. The predicted octanol–water partition coefficient (Wildman–Crippen LogP) is 6.22. The standard InChI is InChI=1S/C54H70N8O7.4H2S/c1-11-61-46-17-16-36-28-41(46)42(49(61)43-30-55-20-18-40(43)33(2)3)29-54(6,7)32-69-53(68)44-14-12-22-62(57-44)52(67)45(26-35-24-38(36)27-39(63)25-35)56-50(65)48(34(4)5)59(10)51(66)37-19-23-60(31-37)47(64)15-13-21-58(8)9;;;;/h16-18,20,24-25,27-28,30,33-34,37,44-45,48,57,63H,11-12,14,19,21-23,26,29,31-32H2,1-10H3,(H,56,65);4*1H2/t37-,44-,45-,48-;;;;/m0..../s1. The Hall–Kier alpha value is -4.84. The topological polar surface area (TPSA) is 170 Å². The maximum Gasteiger partial charge on any atom is 0.324 e. The molecule has 3 aliphatic heterocycles. The number of phenols is 1. The van der Waals surface area contributed by atoms with E-state index in [2.05, 4.69) is 85.0 Å². The number of amides is 4. The lowest BCUT2D eigenvalue weighted by atomic mass is 9.83. The molecule has 19 heteroatoms. The molecule has 2 aromatic carbocycles. The molecule has 4 atom stereocenters. The van der Waals surface area contributed by atoms with Crippen LogP contribution in [0.25, 0.3) is 33.3 Å². The molecule has 0 unspecified atom stereocenters. The van der Waals surface area contributed by atoms with Gasteiger partial charge in [-0.25, -0.2) is 5.43 Å². The summed E-state index contributed by atoms with van der Waals surface area (Å²) >= 11 is 0. The Morgan fingerprint density at radius 1 is 0.973 bits per heavy atom. The highest BCUT2D eigenvalue weighted by atomic mass is 32.1. The molecule has 2 saturated heterocycles. The molecule has 2 fully saturated rings. The minimum Gasteiger partial charge on any atom is -0.508 e. The summed E-state index contributed by atoms with van der Waals surface area (Å²) in [5.74, 6) is 2.79. The van der Waals surface area contributed by atoms with Gasteiger partial charge in [0.2, 0.25) is 11.8 Å². The van der Waals surface area contributed by atoms with Gasteiger partial charge in [0.25, 0.3) is 11.8 Å². The molecule has 15 nitrogen and oxygen atoms in total. The van der Waals surface area contributed by atoms with E-state index in [9.17, 15) is 29.1 Å². The Balaban J connectivity index is 0.00000352. The van der Waals surface area contributed by atoms with E-state index in [1.807, 2.05) is 57.4 Å². The van der Waals surface area contributed by atoms with Crippen LogP contribution in [0, 0.1) is 29.1 Å². The van der Waals surface area contributed by atoms with Gasteiger partial charge in [-0.15, -0.1) is 0 Å². The van der Waals surface area contributed by atoms with Gasteiger partial charge in [0, 0.05) is 73.9 Å². The van der Waals surface area contributed by atoms with Gasteiger partial charge >= 0.3 is 5.97 Å². The number of pyridine rings is 1. The summed E-state index contributed by atoms with van der Waals surface area (Å²) in [4.78, 5) is 79.8. The minimum absolute atomic E-state index is 0. The summed E-state index contributed by atoms with van der Waals surface area (Å²) in [5.41, 5.74) is 10.2. The zero-order chi connectivity index (χ0) is 49.9. The molecule has 2 aromatic heterocycles. The molecule has 0 saturated carbocycles. The lowest BCUT2D eigenvalue weighted by Crippen LogP contribution is -2.62. The molecular formula is C54H78N8O7S4. The van der Waals surface area contributed by atoms with Gasteiger partial charge in [0.1, 0.15) is 23.9 Å². The molecule has 7 rings (SSSR count). The fourth-order valence-electron chi connectivity index (χ4n) is 10.2. The number of nitrogens with zero attached hydrogens (tertiary/aromatic N) is 6. The van der Waals surface area contributed by atoms with Gasteiger partial charge in [0.15, 0.2) is 0 Å². The Morgan fingerprint density at radius 3 is 2.37 bits per heavy atom. The Bertz CT molecular complexity index is 2680. The number of hydrogen-bond donors (Lipinski definition) is 3. The lowest BCUT2D eigenvalue weighted by molar-refractivity contribution is -0.155. The van der Waals surface area contributed by atoms with Crippen molar-refractivity contribution in [2.75, 3.05) is 53.9 Å². The van der Waals surface area contributed by atoms with Crippen LogP contribution in [0.5, 0.6) is 5.75 Å². The first-order valence-electron chi connectivity index (χ1n) is 24.4. The van der Waals surface area contributed by atoms with E-state index in [1.165, 1.54) is 15.5 Å². The number of cyclic esters (lactones) is 1. The number of aryl methyl sites for hydroxylation is 1. The zero-order valence-electron chi connectivity index (χ0n) is 44.0. The maximum atomic E-state index is 14.8. The van der Waals surface area contributed by atoms with Gasteiger partial charge in [-0.2, -0.15) is 54.0 Å². The van der Waals surface area contributed by atoms with Crippen LogP contribution in [-0.4, -0.2) is 136 Å². The first kappa shape index (κ1) is 62.5. The fraction of sp³-hybridized carbons (Fsp3) is 0.519. The molecule has 0 radical (unpaired) electrons. The van der Waals surface area contributed by atoms with Crippen molar-refractivity contribution in [3.8, 4) is 40.0 Å². The van der Waals surface area contributed by atoms with Crippen LogP contribution in [0.3, 0.4) is 0 Å². The second kappa shape index (κ2) is 26.6. The van der Waals surface area contributed by atoms with E-state index in [0.717, 1.165) is 38.9 Å². The van der Waals surface area contributed by atoms with Crippen LogP contribution in [-0.2, 0) is 48.1 Å². The van der Waals surface area contributed by atoms with Gasteiger partial charge in [0.05, 0.1) is 24.8 Å². The highest BCUT2D eigenvalue weighted by molar-refractivity contribution is 7.59. The Labute approximate surface area is 459 Å². The van der Waals surface area contributed by atoms with Crippen LogP contribution in [0.1, 0.15) is 90.3 Å². The van der Waals surface area contributed by atoms with E-state index >= 15 is 0 Å². The second-order valence-corrected chi connectivity index (χ2v) is 20.8. The molecule has 0 aliphatic carbocycles. The number of hydrogen-bond acceptors (Lipinski definition) is 10. The van der Waals surface area contributed by atoms with Crippen molar-refractivity contribution in [2.45, 2.75) is 111 Å². The summed E-state index contributed by atoms with van der Waals surface area (Å²) < 4.78 is 8.46.